The van der Waals surface area contributed by atoms with Gasteiger partial charge in [-0.2, -0.15) is 0 Å². The minimum absolute atomic E-state index is 0.143. The number of halogens is 1. The molecule has 2 rings (SSSR count). The Labute approximate surface area is 104 Å². The van der Waals surface area contributed by atoms with Crippen LogP contribution in [0.2, 0.25) is 5.02 Å². The predicted molar refractivity (Wildman–Crippen MR) is 64.2 cm³/mol. The van der Waals surface area contributed by atoms with Crippen molar-refractivity contribution < 1.29 is 14.7 Å². The molecule has 0 aromatic heterocycles. The van der Waals surface area contributed by atoms with Gasteiger partial charge in [0.1, 0.15) is 5.78 Å². The summed E-state index contributed by atoms with van der Waals surface area (Å²) >= 11 is 5.90. The molecule has 0 unspecified atom stereocenters. The van der Waals surface area contributed by atoms with Gasteiger partial charge in [0.25, 0.3) is 0 Å². The van der Waals surface area contributed by atoms with Crippen LogP contribution in [-0.2, 0) is 15.0 Å². The van der Waals surface area contributed by atoms with Crippen LogP contribution in [0.3, 0.4) is 0 Å². The molecule has 1 aromatic carbocycles. The molecule has 1 N–H and O–H groups in total. The number of carboxylic acids is 1. The Morgan fingerprint density at radius 3 is 2.47 bits per heavy atom. The summed E-state index contributed by atoms with van der Waals surface area (Å²) in [5.41, 5.74) is -0.247. The topological polar surface area (TPSA) is 54.4 Å². The molecule has 90 valence electrons. The second-order valence-corrected chi connectivity index (χ2v) is 4.87. The van der Waals surface area contributed by atoms with Gasteiger partial charge in [-0.25, -0.2) is 0 Å². The van der Waals surface area contributed by atoms with Crippen molar-refractivity contribution in [1.82, 2.24) is 0 Å². The molecule has 3 nitrogen and oxygen atoms in total. The minimum Gasteiger partial charge on any atom is -0.481 e. The zero-order valence-corrected chi connectivity index (χ0v) is 10.0. The average molecular weight is 253 g/mol. The summed E-state index contributed by atoms with van der Waals surface area (Å²) in [6, 6.07) is 6.93. The van der Waals surface area contributed by atoms with Crippen molar-refractivity contribution in [3.8, 4) is 0 Å². The normalized spacial score (nSPS) is 19.0. The van der Waals surface area contributed by atoms with Gasteiger partial charge in [0, 0.05) is 17.9 Å². The summed E-state index contributed by atoms with van der Waals surface area (Å²) in [5, 5.41) is 9.99. The fourth-order valence-electron chi connectivity index (χ4n) is 2.37. The Morgan fingerprint density at radius 1 is 1.29 bits per heavy atom. The lowest BCUT2D eigenvalue weighted by molar-refractivity contribution is -0.146. The molecule has 0 saturated heterocycles. The second-order valence-electron chi connectivity index (χ2n) is 4.44. The first-order chi connectivity index (χ1) is 8.04. The van der Waals surface area contributed by atoms with Crippen molar-refractivity contribution in [3.05, 3.63) is 34.9 Å². The van der Waals surface area contributed by atoms with Gasteiger partial charge >= 0.3 is 5.97 Å². The molecule has 4 heteroatoms. The van der Waals surface area contributed by atoms with Crippen LogP contribution in [0.25, 0.3) is 0 Å². The fourth-order valence-corrected chi connectivity index (χ4v) is 2.56. The summed E-state index contributed by atoms with van der Waals surface area (Å²) in [6.45, 7) is 0. The second kappa shape index (κ2) is 4.49. The smallest absolute Gasteiger partial charge is 0.314 e. The highest BCUT2D eigenvalue weighted by atomic mass is 35.5. The van der Waals surface area contributed by atoms with E-state index in [-0.39, 0.29) is 5.78 Å². The number of hydrogen-bond acceptors (Lipinski definition) is 2. The Bertz CT molecular complexity index is 457. The van der Waals surface area contributed by atoms with Crippen LogP contribution in [0.15, 0.2) is 24.3 Å². The third-order valence-electron chi connectivity index (χ3n) is 3.45. The number of benzene rings is 1. The molecule has 0 aliphatic heterocycles. The molecule has 0 bridgehead atoms. The Morgan fingerprint density at radius 2 is 1.94 bits per heavy atom. The molecule has 0 heterocycles. The van der Waals surface area contributed by atoms with Crippen LogP contribution in [-0.4, -0.2) is 16.9 Å². The first-order valence-corrected chi connectivity index (χ1v) is 5.93. The first-order valence-electron chi connectivity index (χ1n) is 5.56. The number of rotatable bonds is 2. The van der Waals surface area contributed by atoms with Gasteiger partial charge in [0.15, 0.2) is 0 Å². The number of hydrogen-bond donors (Lipinski definition) is 1. The summed E-state index contributed by atoms with van der Waals surface area (Å²) < 4.78 is 0. The molecular formula is C13H13ClO3. The quantitative estimate of drug-likeness (QED) is 0.881. The van der Waals surface area contributed by atoms with E-state index >= 15 is 0 Å². The zero-order valence-electron chi connectivity index (χ0n) is 9.28. The van der Waals surface area contributed by atoms with Crippen LogP contribution in [0.4, 0.5) is 0 Å². The highest BCUT2D eigenvalue weighted by Crippen LogP contribution is 2.39. The van der Waals surface area contributed by atoms with Crippen molar-refractivity contribution in [2.45, 2.75) is 31.1 Å². The van der Waals surface area contributed by atoms with E-state index in [1.165, 1.54) is 0 Å². The standard InChI is InChI=1S/C13H13ClO3/c14-10-3-1-2-9(8-10)13(12(16)17)6-4-11(15)5-7-13/h1-3,8H,4-7H2,(H,16,17). The molecule has 1 aliphatic carbocycles. The fraction of sp³-hybridized carbons (Fsp3) is 0.385. The van der Waals surface area contributed by atoms with Crippen LogP contribution in [0.1, 0.15) is 31.2 Å². The van der Waals surface area contributed by atoms with E-state index in [0.717, 1.165) is 0 Å². The SMILES string of the molecule is O=C1CCC(C(=O)O)(c2cccc(Cl)c2)CC1. The summed E-state index contributed by atoms with van der Waals surface area (Å²) in [5.74, 6) is -0.726. The number of ketones is 1. The van der Waals surface area contributed by atoms with Gasteiger partial charge in [0.05, 0.1) is 5.41 Å². The summed E-state index contributed by atoms with van der Waals surface area (Å²) in [4.78, 5) is 22.8. The molecule has 17 heavy (non-hydrogen) atoms. The maximum Gasteiger partial charge on any atom is 0.314 e. The van der Waals surface area contributed by atoms with Gasteiger partial charge < -0.3 is 5.11 Å². The van der Waals surface area contributed by atoms with Gasteiger partial charge in [0.2, 0.25) is 0 Å². The lowest BCUT2D eigenvalue weighted by Crippen LogP contribution is -2.39. The number of aliphatic carboxylic acids is 1. The molecule has 0 spiro atoms. The molecule has 1 aromatic rings. The van der Waals surface area contributed by atoms with Crippen molar-refractivity contribution >= 4 is 23.4 Å². The van der Waals surface area contributed by atoms with E-state index in [1.54, 1.807) is 24.3 Å². The largest absolute Gasteiger partial charge is 0.481 e. The third-order valence-corrected chi connectivity index (χ3v) is 3.68. The molecule has 1 saturated carbocycles. The van der Waals surface area contributed by atoms with E-state index in [2.05, 4.69) is 0 Å². The summed E-state index contributed by atoms with van der Waals surface area (Å²) in [7, 11) is 0. The molecule has 0 atom stereocenters. The van der Waals surface area contributed by atoms with E-state index in [9.17, 15) is 14.7 Å². The average Bonchev–Trinajstić information content (AvgIpc) is 2.30. The van der Waals surface area contributed by atoms with E-state index in [0.29, 0.717) is 36.3 Å². The van der Waals surface area contributed by atoms with Crippen LogP contribution in [0.5, 0.6) is 0 Å². The molecule has 0 amide bonds. The molecule has 1 fully saturated rings. The highest BCUT2D eigenvalue weighted by Gasteiger charge is 2.43. The molecular weight excluding hydrogens is 240 g/mol. The van der Waals surface area contributed by atoms with Crippen LogP contribution in [0, 0.1) is 0 Å². The Balaban J connectivity index is 2.41. The van der Waals surface area contributed by atoms with Gasteiger partial charge in [-0.3, -0.25) is 9.59 Å². The predicted octanol–water partition coefficient (Wildman–Crippen LogP) is 2.81. The van der Waals surface area contributed by atoms with Gasteiger partial charge in [-0.15, -0.1) is 0 Å². The molecule has 1 aliphatic rings. The summed E-state index contributed by atoms with van der Waals surface area (Å²) in [6.07, 6.45) is 1.39. The van der Waals surface area contributed by atoms with Crippen molar-refractivity contribution in [3.63, 3.8) is 0 Å². The zero-order chi connectivity index (χ0) is 12.5. The Kier molecular flexibility index (Phi) is 3.20. The van der Waals surface area contributed by atoms with Crippen molar-refractivity contribution in [2.75, 3.05) is 0 Å². The minimum atomic E-state index is -0.946. The molecule has 0 radical (unpaired) electrons. The Hall–Kier alpha value is -1.35. The number of carbonyl (C=O) groups is 2. The number of carbonyl (C=O) groups excluding carboxylic acids is 1. The van der Waals surface area contributed by atoms with Crippen LogP contribution < -0.4 is 0 Å². The maximum atomic E-state index is 11.5. The van der Waals surface area contributed by atoms with Crippen molar-refractivity contribution in [2.24, 2.45) is 0 Å². The first kappa shape index (κ1) is 12.1. The van der Waals surface area contributed by atoms with E-state index in [4.69, 9.17) is 11.6 Å². The maximum absolute atomic E-state index is 11.5. The monoisotopic (exact) mass is 252 g/mol. The lowest BCUT2D eigenvalue weighted by atomic mass is 9.69. The number of carboxylic acid groups (broad SMARTS) is 1. The highest BCUT2D eigenvalue weighted by molar-refractivity contribution is 6.30. The van der Waals surface area contributed by atoms with E-state index in [1.807, 2.05) is 0 Å². The number of Topliss-reactive ketones (excluding diaryl/α,β-unsaturated/α-hetero) is 1. The van der Waals surface area contributed by atoms with Crippen molar-refractivity contribution in [1.29, 1.82) is 0 Å². The van der Waals surface area contributed by atoms with Crippen LogP contribution >= 0.6 is 11.6 Å². The third kappa shape index (κ3) is 2.20. The van der Waals surface area contributed by atoms with E-state index < -0.39 is 11.4 Å². The van der Waals surface area contributed by atoms with Gasteiger partial charge in [-0.1, -0.05) is 23.7 Å². The van der Waals surface area contributed by atoms with Gasteiger partial charge in [-0.05, 0) is 30.5 Å². The lowest BCUT2D eigenvalue weighted by Gasteiger charge is -2.33.